The van der Waals surface area contributed by atoms with Gasteiger partial charge in [0.2, 0.25) is 0 Å². The van der Waals surface area contributed by atoms with Crippen molar-refractivity contribution in [3.05, 3.63) is 81.4 Å². The average Bonchev–Trinajstić information content (AvgIpc) is 1.65. The number of carboxylic acid groups (broad SMARTS) is 6. The number of Topliss-reactive ketones (excluding diaryl/α,β-unsaturated/α-hetero) is 3. The molecule has 9 N–H and O–H groups in total. The van der Waals surface area contributed by atoms with E-state index in [9.17, 15) is 87.2 Å². The third-order valence-electron chi connectivity index (χ3n) is 9.48. The lowest BCUT2D eigenvalue weighted by Crippen LogP contribution is -2.42. The summed E-state index contributed by atoms with van der Waals surface area (Å²) in [4.78, 5) is 177. The number of aliphatic hydroxyl groups is 3. The molecule has 0 amide bonds. The van der Waals surface area contributed by atoms with Crippen LogP contribution in [0.5, 0.6) is 0 Å². The van der Waals surface area contributed by atoms with E-state index in [4.69, 9.17) is 66.3 Å². The molecule has 444 valence electrons. The fraction of sp³-hybridized carbons (Fsp3) is 0.467. The van der Waals surface area contributed by atoms with Crippen LogP contribution in [0.3, 0.4) is 0 Å². The number of ketones is 3. The highest BCUT2D eigenvalue weighted by molar-refractivity contribution is 5.91. The largest absolute Gasteiger partial charge is 0.481 e. The van der Waals surface area contributed by atoms with E-state index < -0.39 is 238 Å². The minimum Gasteiger partial charge on any atom is -0.481 e. The molecule has 81 heavy (non-hydrogen) atoms. The Hall–Kier alpha value is -9.84. The van der Waals surface area contributed by atoms with Gasteiger partial charge >= 0.3 is 52.9 Å². The highest BCUT2D eigenvalue weighted by atomic mass is 16.4. The molecular weight excluding hydrogens is 1090 g/mol. The number of carboxylic acids is 6. The lowest BCUT2D eigenvalue weighted by molar-refractivity contribution is -0.167. The van der Waals surface area contributed by atoms with Gasteiger partial charge in [0.25, 0.3) is 16.7 Å². The molecule has 0 aliphatic carbocycles. The van der Waals surface area contributed by atoms with Crippen molar-refractivity contribution in [3.8, 4) is 0 Å². The molecule has 6 heterocycles. The van der Waals surface area contributed by atoms with Crippen LogP contribution in [0.15, 0.2) is 47.7 Å². The molecule has 0 aliphatic heterocycles. The first-order valence-corrected chi connectivity index (χ1v) is 20.7. The van der Waals surface area contributed by atoms with Crippen molar-refractivity contribution in [2.75, 3.05) is 0 Å². The second-order valence-electron chi connectivity index (χ2n) is 16.1. The SMILES string of the molecule is CC(=O)CC(O)(CC(=O)O)C(=O)O.CC(=O)CC(O)(CC(=O)O)C(=O)O.CC(=O)CC(O)(CC(=O)O)C(=O)O.[2H]C([2H])([2H])n1c(=O)c2c(ncn2C([2H])([2H])[2H])n(C([2H])([2H])[2H])c1=O.[2H]c1nc2c(c(=O)n(C([2H])([2H])[2H])c(=O)n2C([2H])([2H])[2H])n1C([2H])([2H])[2H].[2H]c1nc2c(c(=O)n(C([2H])([2H])[2H])c(=O)n2C)n1C([2H])([2H])[2H]. The number of aliphatic carboxylic acids is 6. The highest BCUT2D eigenvalue weighted by Gasteiger charge is 2.41. The molecule has 0 bridgehead atoms. The van der Waals surface area contributed by atoms with Crippen LogP contribution in [0.2, 0.25) is 0 Å². The molecular formula is C45H60N12O24. The zero-order valence-corrected chi connectivity index (χ0v) is 41.3. The van der Waals surface area contributed by atoms with Gasteiger partial charge in [-0.05, 0) is 20.8 Å². The molecule has 36 nitrogen and oxygen atoms in total. The smallest absolute Gasteiger partial charge is 0.336 e. The molecule has 0 aromatic carbocycles. The van der Waals surface area contributed by atoms with Crippen LogP contribution >= 0.6 is 0 Å². The number of carbonyl (C=O) groups is 9. The summed E-state index contributed by atoms with van der Waals surface area (Å²) in [6.07, 6.45) is -6.17. The van der Waals surface area contributed by atoms with Gasteiger partial charge in [-0.25, -0.2) is 43.7 Å². The standard InChI is InChI=1S/3C8H10N4O2.3C7H10O6/c3*1-10-4-9-6-5(10)7(13)12(3)8(14)11(6)2;3*1-4(8)2-7(13,6(11)12)3-5(9)10/h3*4H,1-3H3;3*13H,2-3H2,1H3,(H,9,10)(H,11,12)/i1D3,2D3,3D3,4D;1D3,3D3,4D;1D3,2D3,3D3;;;. The van der Waals surface area contributed by atoms with E-state index in [0.717, 1.165) is 32.4 Å². The fourth-order valence-corrected chi connectivity index (χ4v) is 5.90. The van der Waals surface area contributed by atoms with E-state index in [1.165, 1.54) is 0 Å². The summed E-state index contributed by atoms with van der Waals surface area (Å²) in [5.74, 6) is -11.2. The topological polar surface area (TPSA) is 521 Å². The molecule has 0 radical (unpaired) electrons. The molecule has 3 unspecified atom stereocenters. The third kappa shape index (κ3) is 17.3. The number of aromatic nitrogens is 12. The number of imidazole rings is 3. The first-order valence-electron chi connectivity index (χ1n) is 33.7. The fourth-order valence-electron chi connectivity index (χ4n) is 5.90. The molecule has 0 fully saturated rings. The van der Waals surface area contributed by atoms with Gasteiger partial charge in [0.1, 0.15) is 20.1 Å². The van der Waals surface area contributed by atoms with Crippen molar-refractivity contribution in [3.63, 3.8) is 0 Å². The Kier molecular flexibility index (Phi) is 12.7. The van der Waals surface area contributed by atoms with E-state index in [2.05, 4.69) is 15.0 Å². The van der Waals surface area contributed by atoms with Gasteiger partial charge in [-0.3, -0.25) is 70.6 Å². The van der Waals surface area contributed by atoms with Crippen molar-refractivity contribution in [1.82, 2.24) is 56.1 Å². The van der Waals surface area contributed by atoms with Crippen molar-refractivity contribution < 1.29 is 125 Å². The quantitative estimate of drug-likeness (QED) is 0.0464. The minimum absolute atomic E-state index is 0.0122. The maximum absolute atomic E-state index is 12.4. The third-order valence-corrected chi connectivity index (χ3v) is 9.48. The summed E-state index contributed by atoms with van der Waals surface area (Å²) in [6.45, 7) is -21.9. The predicted octanol–water partition coefficient (Wildman–Crippen LogP) is -5.32. The molecule has 0 spiro atoms. The van der Waals surface area contributed by atoms with Crippen LogP contribution in [0.4, 0.5) is 0 Å². The number of aryl methyl sites for hydroxylation is 6. The summed E-state index contributed by atoms with van der Waals surface area (Å²) in [7, 11) is 1.14. The van der Waals surface area contributed by atoms with Crippen LogP contribution in [0.1, 0.15) is 94.9 Å². The van der Waals surface area contributed by atoms with Gasteiger partial charge in [0.15, 0.2) is 50.3 Å². The number of carbonyl (C=O) groups excluding carboxylic acids is 3. The maximum atomic E-state index is 12.4. The minimum atomic E-state index is -3.36. The van der Waals surface area contributed by atoms with Crippen LogP contribution in [-0.2, 0) is 106 Å². The number of nitrogens with zero attached hydrogens (tertiary/aromatic N) is 12. The lowest BCUT2D eigenvalue weighted by atomic mass is 9.94. The molecule has 0 aliphatic rings. The Labute approximate surface area is 488 Å². The summed E-state index contributed by atoms with van der Waals surface area (Å²) >= 11 is 0. The van der Waals surface area contributed by atoms with Gasteiger partial charge in [-0.2, -0.15) is 0 Å². The van der Waals surface area contributed by atoms with E-state index in [-0.39, 0.29) is 33.0 Å². The monoisotopic (exact) mass is 1180 g/mol. The van der Waals surface area contributed by atoms with Gasteiger partial charge in [-0.1, -0.05) is 0 Å². The van der Waals surface area contributed by atoms with E-state index in [0.29, 0.717) is 15.5 Å². The summed E-state index contributed by atoms with van der Waals surface area (Å²) < 4.78 is 191. The van der Waals surface area contributed by atoms with E-state index in [1.54, 1.807) is 0 Å². The van der Waals surface area contributed by atoms with Gasteiger partial charge in [0.05, 0.1) is 38.2 Å². The second kappa shape index (κ2) is 27.7. The zero-order chi connectivity index (χ0) is 85.0. The van der Waals surface area contributed by atoms with Crippen LogP contribution in [0.25, 0.3) is 33.5 Å². The van der Waals surface area contributed by atoms with E-state index >= 15 is 0 Å². The van der Waals surface area contributed by atoms with Crippen molar-refractivity contribution in [2.24, 2.45) is 62.9 Å². The number of hydrogen-bond acceptors (Lipinski definition) is 21. The first-order chi connectivity index (χ1) is 47.5. The predicted molar refractivity (Wildman–Crippen MR) is 274 cm³/mol. The first kappa shape index (κ1) is 37.1. The van der Waals surface area contributed by atoms with Crippen LogP contribution < -0.4 is 33.7 Å². The molecule has 6 aromatic rings. The Morgan fingerprint density at radius 2 is 0.679 bits per heavy atom. The van der Waals surface area contributed by atoms with Crippen molar-refractivity contribution in [1.29, 1.82) is 0 Å². The summed E-state index contributed by atoms with van der Waals surface area (Å²) in [6, 6.07) is 0. The Morgan fingerprint density at radius 1 is 0.420 bits per heavy atom. The van der Waals surface area contributed by atoms with Crippen LogP contribution in [0, 0.1) is 0 Å². The molecule has 36 heteroatoms. The molecule has 6 rings (SSSR count). The molecule has 3 atom stereocenters. The normalized spacial score (nSPS) is 18.8. The van der Waals surface area contributed by atoms with Gasteiger partial charge in [0, 0.05) is 115 Å². The Morgan fingerprint density at radius 3 is 0.926 bits per heavy atom. The number of rotatable bonds is 15. The van der Waals surface area contributed by atoms with Crippen molar-refractivity contribution in [2.45, 2.75) is 76.1 Å². The van der Waals surface area contributed by atoms with Gasteiger partial charge < -0.3 is 59.7 Å². The highest BCUT2D eigenvalue weighted by Crippen LogP contribution is 2.18. The van der Waals surface area contributed by atoms with E-state index in [1.807, 2.05) is 0 Å². The van der Waals surface area contributed by atoms with Crippen LogP contribution in [-0.4, -0.2) is 172 Å². The zero-order valence-electron chi connectivity index (χ0n) is 67.3. The van der Waals surface area contributed by atoms with Crippen molar-refractivity contribution >= 4 is 86.7 Å². The Bertz CT molecular complexity index is 4680. The molecule has 0 saturated heterocycles. The molecule has 0 saturated carbocycles. The number of hydrogen-bond donors (Lipinski definition) is 9. The summed E-state index contributed by atoms with van der Waals surface area (Å²) in [5, 5.41) is 77.9. The maximum Gasteiger partial charge on any atom is 0.336 e. The summed E-state index contributed by atoms with van der Waals surface area (Å²) in [5.41, 5.74) is -20.7. The Balaban J connectivity index is 0.000000656. The average molecular weight is 1180 g/mol. The van der Waals surface area contributed by atoms with Gasteiger partial charge in [-0.15, -0.1) is 0 Å². The lowest BCUT2D eigenvalue weighted by Gasteiger charge is -2.19. The number of fused-ring (bicyclic) bond motifs is 3. The second-order valence-corrected chi connectivity index (χ2v) is 16.1. The molecule has 6 aromatic heterocycles.